The maximum atomic E-state index is 12.3. The van der Waals surface area contributed by atoms with E-state index in [0.29, 0.717) is 17.7 Å². The number of hydrogen-bond donors (Lipinski definition) is 2. The molecule has 0 radical (unpaired) electrons. The van der Waals surface area contributed by atoms with E-state index in [9.17, 15) is 9.59 Å². The van der Waals surface area contributed by atoms with Gasteiger partial charge in [0.1, 0.15) is 10.8 Å². The van der Waals surface area contributed by atoms with Crippen molar-refractivity contribution in [2.24, 2.45) is 0 Å². The van der Waals surface area contributed by atoms with E-state index in [-0.39, 0.29) is 39.7 Å². The standard InChI is InChI=1S/C21H18Cl2N2O3/c1-3-12(2)21(27)15-6-7-17(20(23)19(15)22)28-11-18(26)25-14-5-4-13-8-9-24-16(13)10-14/h4-10,24H,2-3,11H2,1H3,(H,25,26). The van der Waals surface area contributed by atoms with Crippen LogP contribution in [0.4, 0.5) is 5.69 Å². The molecule has 0 aliphatic heterocycles. The number of amides is 1. The number of rotatable bonds is 7. The van der Waals surface area contributed by atoms with Gasteiger partial charge >= 0.3 is 0 Å². The number of carbonyl (C=O) groups excluding carboxylic acids is 2. The molecule has 2 N–H and O–H groups in total. The molecule has 1 aromatic heterocycles. The molecule has 0 bridgehead atoms. The summed E-state index contributed by atoms with van der Waals surface area (Å²) in [5, 5.41) is 3.97. The highest BCUT2D eigenvalue weighted by Gasteiger charge is 2.18. The number of aromatic nitrogens is 1. The van der Waals surface area contributed by atoms with Crippen LogP contribution in [0.1, 0.15) is 23.7 Å². The largest absolute Gasteiger partial charge is 0.482 e. The van der Waals surface area contributed by atoms with Crippen LogP contribution in [0.15, 0.2) is 54.7 Å². The minimum atomic E-state index is -0.349. The summed E-state index contributed by atoms with van der Waals surface area (Å²) in [5.74, 6) is -0.392. The fraction of sp³-hybridized carbons (Fsp3) is 0.143. The summed E-state index contributed by atoms with van der Waals surface area (Å²) in [6, 6.07) is 10.5. The quantitative estimate of drug-likeness (QED) is 0.386. The summed E-state index contributed by atoms with van der Waals surface area (Å²) in [6.45, 7) is 5.30. The number of ketones is 1. The Balaban J connectivity index is 1.66. The van der Waals surface area contributed by atoms with E-state index in [1.165, 1.54) is 12.1 Å². The summed E-state index contributed by atoms with van der Waals surface area (Å²) in [4.78, 5) is 27.5. The molecule has 1 heterocycles. The van der Waals surface area contributed by atoms with E-state index in [2.05, 4.69) is 16.9 Å². The van der Waals surface area contributed by atoms with Gasteiger partial charge in [-0.2, -0.15) is 0 Å². The van der Waals surface area contributed by atoms with Crippen LogP contribution in [-0.2, 0) is 4.79 Å². The van der Waals surface area contributed by atoms with Crippen LogP contribution in [-0.4, -0.2) is 23.3 Å². The Morgan fingerprint density at radius 2 is 1.93 bits per heavy atom. The van der Waals surface area contributed by atoms with E-state index in [0.717, 1.165) is 10.9 Å². The van der Waals surface area contributed by atoms with E-state index in [1.807, 2.05) is 31.3 Å². The lowest BCUT2D eigenvalue weighted by molar-refractivity contribution is -0.118. The molecular formula is C21H18Cl2N2O3. The van der Waals surface area contributed by atoms with Crippen molar-refractivity contribution in [3.8, 4) is 5.75 Å². The second-order valence-corrected chi connectivity index (χ2v) is 6.90. The average Bonchev–Trinajstić information content (AvgIpc) is 3.15. The van der Waals surface area contributed by atoms with Crippen molar-refractivity contribution in [2.45, 2.75) is 13.3 Å². The summed E-state index contributed by atoms with van der Waals surface area (Å²) < 4.78 is 5.48. The lowest BCUT2D eigenvalue weighted by Crippen LogP contribution is -2.20. The second kappa shape index (κ2) is 8.50. The lowest BCUT2D eigenvalue weighted by Gasteiger charge is -2.12. The van der Waals surface area contributed by atoms with Crippen molar-refractivity contribution in [1.82, 2.24) is 4.98 Å². The Morgan fingerprint density at radius 1 is 1.14 bits per heavy atom. The van der Waals surface area contributed by atoms with Crippen LogP contribution in [0, 0.1) is 0 Å². The van der Waals surface area contributed by atoms with Gasteiger partial charge in [-0.15, -0.1) is 0 Å². The normalized spacial score (nSPS) is 10.7. The van der Waals surface area contributed by atoms with Gasteiger partial charge in [-0.25, -0.2) is 0 Å². The predicted molar refractivity (Wildman–Crippen MR) is 113 cm³/mol. The zero-order chi connectivity index (χ0) is 20.3. The number of H-pyrrole nitrogens is 1. The van der Waals surface area contributed by atoms with Gasteiger partial charge < -0.3 is 15.0 Å². The molecule has 0 fully saturated rings. The monoisotopic (exact) mass is 416 g/mol. The van der Waals surface area contributed by atoms with Crippen LogP contribution in [0.25, 0.3) is 10.9 Å². The first-order chi connectivity index (χ1) is 13.4. The number of carbonyl (C=O) groups is 2. The van der Waals surface area contributed by atoms with E-state index < -0.39 is 0 Å². The van der Waals surface area contributed by atoms with Gasteiger partial charge in [-0.1, -0.05) is 42.8 Å². The number of ether oxygens (including phenoxy) is 1. The van der Waals surface area contributed by atoms with E-state index in [1.54, 1.807) is 6.07 Å². The SMILES string of the molecule is C=C(CC)C(=O)c1ccc(OCC(=O)Nc2ccc3cc[nH]c3c2)c(Cl)c1Cl. The van der Waals surface area contributed by atoms with Gasteiger partial charge in [0.2, 0.25) is 0 Å². The molecule has 5 nitrogen and oxygen atoms in total. The van der Waals surface area contributed by atoms with Gasteiger partial charge in [0.25, 0.3) is 5.91 Å². The molecule has 7 heteroatoms. The summed E-state index contributed by atoms with van der Waals surface area (Å²) >= 11 is 12.4. The van der Waals surface area contributed by atoms with E-state index >= 15 is 0 Å². The maximum absolute atomic E-state index is 12.3. The van der Waals surface area contributed by atoms with Gasteiger partial charge in [0.15, 0.2) is 12.4 Å². The van der Waals surface area contributed by atoms with Gasteiger partial charge in [-0.3, -0.25) is 9.59 Å². The molecule has 0 aliphatic rings. The molecule has 0 aliphatic carbocycles. The Kier molecular flexibility index (Phi) is 6.07. The van der Waals surface area contributed by atoms with Gasteiger partial charge in [0.05, 0.1) is 5.02 Å². The molecular weight excluding hydrogens is 399 g/mol. The van der Waals surface area contributed by atoms with Crippen LogP contribution < -0.4 is 10.1 Å². The Morgan fingerprint density at radius 3 is 2.68 bits per heavy atom. The minimum Gasteiger partial charge on any atom is -0.482 e. The number of halogens is 2. The van der Waals surface area contributed by atoms with E-state index in [4.69, 9.17) is 27.9 Å². The van der Waals surface area contributed by atoms with Crippen molar-refractivity contribution in [2.75, 3.05) is 11.9 Å². The Labute approximate surface area is 172 Å². The van der Waals surface area contributed by atoms with Crippen molar-refractivity contribution < 1.29 is 14.3 Å². The predicted octanol–water partition coefficient (Wildman–Crippen LogP) is 5.64. The highest BCUT2D eigenvalue weighted by molar-refractivity contribution is 6.45. The third-order valence-electron chi connectivity index (χ3n) is 4.24. The summed E-state index contributed by atoms with van der Waals surface area (Å²) in [5.41, 5.74) is 2.26. The molecule has 3 rings (SSSR count). The molecule has 1 amide bonds. The average molecular weight is 417 g/mol. The number of allylic oxidation sites excluding steroid dienone is 1. The van der Waals surface area contributed by atoms with Crippen LogP contribution in [0.3, 0.4) is 0 Å². The molecule has 0 unspecified atom stereocenters. The molecule has 0 saturated carbocycles. The first-order valence-electron chi connectivity index (χ1n) is 8.61. The topological polar surface area (TPSA) is 71.2 Å². The highest BCUT2D eigenvalue weighted by atomic mass is 35.5. The first kappa shape index (κ1) is 20.0. The van der Waals surface area contributed by atoms with Gasteiger partial charge in [0, 0.05) is 23.0 Å². The van der Waals surface area contributed by atoms with Crippen molar-refractivity contribution in [3.63, 3.8) is 0 Å². The fourth-order valence-electron chi connectivity index (χ4n) is 2.64. The number of hydrogen-bond acceptors (Lipinski definition) is 3. The third-order valence-corrected chi connectivity index (χ3v) is 5.10. The number of benzene rings is 2. The number of anilines is 1. The number of fused-ring (bicyclic) bond motifs is 1. The van der Waals surface area contributed by atoms with Gasteiger partial charge in [-0.05, 0) is 47.7 Å². The molecule has 2 aromatic carbocycles. The molecule has 0 spiro atoms. The van der Waals surface area contributed by atoms with Crippen LogP contribution >= 0.6 is 23.2 Å². The van der Waals surface area contributed by atoms with Crippen LogP contribution in [0.5, 0.6) is 5.75 Å². The molecule has 3 aromatic rings. The smallest absolute Gasteiger partial charge is 0.262 e. The summed E-state index contributed by atoms with van der Waals surface area (Å²) in [6.07, 6.45) is 2.34. The number of nitrogens with one attached hydrogen (secondary N) is 2. The second-order valence-electron chi connectivity index (χ2n) is 6.14. The van der Waals surface area contributed by atoms with Crippen LogP contribution in [0.2, 0.25) is 10.0 Å². The summed E-state index contributed by atoms with van der Waals surface area (Å²) in [7, 11) is 0. The minimum absolute atomic E-state index is 0.0800. The molecule has 144 valence electrons. The first-order valence-corrected chi connectivity index (χ1v) is 9.36. The van der Waals surface area contributed by atoms with Crippen molar-refractivity contribution >= 4 is 51.5 Å². The third kappa shape index (κ3) is 4.21. The van der Waals surface area contributed by atoms with Crippen molar-refractivity contribution in [1.29, 1.82) is 0 Å². The molecule has 0 atom stereocenters. The fourth-order valence-corrected chi connectivity index (χ4v) is 3.10. The maximum Gasteiger partial charge on any atom is 0.262 e. The lowest BCUT2D eigenvalue weighted by atomic mass is 10.0. The zero-order valence-corrected chi connectivity index (χ0v) is 16.7. The molecule has 0 saturated heterocycles. The Hall–Kier alpha value is -2.76. The number of Topliss-reactive ketones (excluding diaryl/α,β-unsaturated/α-hetero) is 1. The van der Waals surface area contributed by atoms with Crippen molar-refractivity contribution in [3.05, 3.63) is 70.4 Å². The Bertz CT molecular complexity index is 1070. The zero-order valence-electron chi connectivity index (χ0n) is 15.1. The number of aromatic amines is 1. The highest BCUT2D eigenvalue weighted by Crippen LogP contribution is 2.35. The molecule has 28 heavy (non-hydrogen) atoms.